The molecule has 0 aliphatic heterocycles. The minimum atomic E-state index is -0.0451. The van der Waals surface area contributed by atoms with Crippen LogP contribution in [0.15, 0.2) is 30.3 Å². The highest BCUT2D eigenvalue weighted by Crippen LogP contribution is 2.14. The smallest absolute Gasteiger partial charge is 0.225 e. The van der Waals surface area contributed by atoms with Crippen LogP contribution in [0.5, 0.6) is 5.75 Å². The Kier molecular flexibility index (Phi) is 4.76. The molecule has 5 nitrogen and oxygen atoms in total. The standard InChI is InChI=1S/C15H19N3O2/c1-11-12(2)17-18-15(11)16-14(19)9-6-10-20-13-7-4-3-5-8-13/h3-5,7-8H,6,9-10H2,1-2H3,(H2,16,17,18,19). The summed E-state index contributed by atoms with van der Waals surface area (Å²) in [5.74, 6) is 1.39. The molecular formula is C15H19N3O2. The maximum atomic E-state index is 11.8. The summed E-state index contributed by atoms with van der Waals surface area (Å²) in [6.07, 6.45) is 1.08. The third kappa shape index (κ3) is 3.85. The van der Waals surface area contributed by atoms with E-state index in [1.54, 1.807) is 0 Å². The fraction of sp³-hybridized carbons (Fsp3) is 0.333. The Hall–Kier alpha value is -2.30. The van der Waals surface area contributed by atoms with E-state index < -0.39 is 0 Å². The molecule has 20 heavy (non-hydrogen) atoms. The lowest BCUT2D eigenvalue weighted by molar-refractivity contribution is -0.116. The maximum Gasteiger partial charge on any atom is 0.225 e. The summed E-state index contributed by atoms with van der Waals surface area (Å²) >= 11 is 0. The number of nitrogens with zero attached hydrogens (tertiary/aromatic N) is 1. The van der Waals surface area contributed by atoms with E-state index in [1.807, 2.05) is 44.2 Å². The molecule has 0 saturated carbocycles. The maximum absolute atomic E-state index is 11.8. The molecule has 0 unspecified atom stereocenters. The largest absolute Gasteiger partial charge is 0.494 e. The predicted octanol–water partition coefficient (Wildman–Crippen LogP) is 2.82. The van der Waals surface area contributed by atoms with E-state index in [0.717, 1.165) is 17.0 Å². The molecular weight excluding hydrogens is 254 g/mol. The number of anilines is 1. The van der Waals surface area contributed by atoms with Crippen LogP contribution in [0.1, 0.15) is 24.1 Å². The van der Waals surface area contributed by atoms with E-state index in [0.29, 0.717) is 25.3 Å². The van der Waals surface area contributed by atoms with Gasteiger partial charge in [-0.05, 0) is 32.4 Å². The quantitative estimate of drug-likeness (QED) is 0.795. The van der Waals surface area contributed by atoms with Crippen LogP contribution >= 0.6 is 0 Å². The van der Waals surface area contributed by atoms with E-state index in [1.165, 1.54) is 0 Å². The summed E-state index contributed by atoms with van der Waals surface area (Å²) in [6.45, 7) is 4.37. The minimum absolute atomic E-state index is 0.0451. The normalized spacial score (nSPS) is 10.3. The molecule has 2 rings (SSSR count). The van der Waals surface area contributed by atoms with Gasteiger partial charge in [-0.3, -0.25) is 9.89 Å². The molecule has 0 bridgehead atoms. The topological polar surface area (TPSA) is 67.0 Å². The number of H-pyrrole nitrogens is 1. The number of rotatable bonds is 6. The Morgan fingerprint density at radius 3 is 2.70 bits per heavy atom. The highest BCUT2D eigenvalue weighted by atomic mass is 16.5. The summed E-state index contributed by atoms with van der Waals surface area (Å²) in [6, 6.07) is 9.58. The van der Waals surface area contributed by atoms with Gasteiger partial charge in [-0.2, -0.15) is 5.10 Å². The summed E-state index contributed by atoms with van der Waals surface area (Å²) in [7, 11) is 0. The van der Waals surface area contributed by atoms with Crippen LogP contribution in [0.2, 0.25) is 0 Å². The van der Waals surface area contributed by atoms with E-state index >= 15 is 0 Å². The zero-order valence-corrected chi connectivity index (χ0v) is 11.8. The highest BCUT2D eigenvalue weighted by Gasteiger charge is 2.09. The van der Waals surface area contributed by atoms with Crippen molar-refractivity contribution in [1.29, 1.82) is 0 Å². The second-order valence-electron chi connectivity index (χ2n) is 4.64. The van der Waals surface area contributed by atoms with Gasteiger partial charge < -0.3 is 10.1 Å². The lowest BCUT2D eigenvalue weighted by atomic mass is 10.2. The van der Waals surface area contributed by atoms with Crippen LogP contribution in [-0.4, -0.2) is 22.7 Å². The van der Waals surface area contributed by atoms with Crippen molar-refractivity contribution >= 4 is 11.7 Å². The zero-order valence-electron chi connectivity index (χ0n) is 11.8. The molecule has 106 valence electrons. The number of aryl methyl sites for hydroxylation is 1. The van der Waals surface area contributed by atoms with Gasteiger partial charge in [0.25, 0.3) is 0 Å². The second kappa shape index (κ2) is 6.75. The Labute approximate surface area is 118 Å². The number of aromatic nitrogens is 2. The molecule has 2 aromatic rings. The number of aromatic amines is 1. The van der Waals surface area contributed by atoms with Crippen molar-refractivity contribution in [3.63, 3.8) is 0 Å². The molecule has 0 saturated heterocycles. The van der Waals surface area contributed by atoms with E-state index in [4.69, 9.17) is 4.74 Å². The van der Waals surface area contributed by atoms with Crippen molar-refractivity contribution < 1.29 is 9.53 Å². The lowest BCUT2D eigenvalue weighted by Gasteiger charge is -2.06. The van der Waals surface area contributed by atoms with Crippen molar-refractivity contribution in [1.82, 2.24) is 10.2 Å². The number of carbonyl (C=O) groups excluding carboxylic acids is 1. The van der Waals surface area contributed by atoms with Gasteiger partial charge in [0.1, 0.15) is 5.75 Å². The molecule has 1 amide bonds. The Morgan fingerprint density at radius 2 is 2.05 bits per heavy atom. The molecule has 1 heterocycles. The fourth-order valence-corrected chi connectivity index (χ4v) is 1.74. The van der Waals surface area contributed by atoms with Gasteiger partial charge in [0.15, 0.2) is 5.82 Å². The number of ether oxygens (including phenoxy) is 1. The predicted molar refractivity (Wildman–Crippen MR) is 77.9 cm³/mol. The molecule has 0 spiro atoms. The van der Waals surface area contributed by atoms with Crippen molar-refractivity contribution in [2.75, 3.05) is 11.9 Å². The van der Waals surface area contributed by atoms with Gasteiger partial charge in [0.05, 0.1) is 6.61 Å². The molecule has 0 radical (unpaired) electrons. The van der Waals surface area contributed by atoms with E-state index in [-0.39, 0.29) is 5.91 Å². The van der Waals surface area contributed by atoms with Crippen molar-refractivity contribution in [3.8, 4) is 5.75 Å². The zero-order chi connectivity index (χ0) is 14.4. The average Bonchev–Trinajstić information content (AvgIpc) is 2.77. The SMILES string of the molecule is Cc1[nH]nc(NC(=O)CCCOc2ccccc2)c1C. The number of benzene rings is 1. The second-order valence-corrected chi connectivity index (χ2v) is 4.64. The summed E-state index contributed by atoms with van der Waals surface area (Å²) in [5, 5.41) is 9.68. The van der Waals surface area contributed by atoms with Gasteiger partial charge in [0.2, 0.25) is 5.91 Å². The molecule has 1 aromatic heterocycles. The first kappa shape index (κ1) is 14.1. The van der Waals surface area contributed by atoms with Crippen LogP contribution in [0.25, 0.3) is 0 Å². The van der Waals surface area contributed by atoms with Gasteiger partial charge in [-0.1, -0.05) is 18.2 Å². The van der Waals surface area contributed by atoms with E-state index in [2.05, 4.69) is 15.5 Å². The lowest BCUT2D eigenvalue weighted by Crippen LogP contribution is -2.13. The van der Waals surface area contributed by atoms with Crippen LogP contribution in [0.4, 0.5) is 5.82 Å². The first-order valence-corrected chi connectivity index (χ1v) is 6.66. The van der Waals surface area contributed by atoms with E-state index in [9.17, 15) is 4.79 Å². The van der Waals surface area contributed by atoms with Crippen LogP contribution in [0.3, 0.4) is 0 Å². The molecule has 5 heteroatoms. The first-order chi connectivity index (χ1) is 9.66. The van der Waals surface area contributed by atoms with Crippen LogP contribution in [0, 0.1) is 13.8 Å². The third-order valence-corrected chi connectivity index (χ3v) is 3.07. The van der Waals surface area contributed by atoms with Gasteiger partial charge >= 0.3 is 0 Å². The monoisotopic (exact) mass is 273 g/mol. The van der Waals surface area contributed by atoms with Crippen molar-refractivity contribution in [2.24, 2.45) is 0 Å². The molecule has 0 aliphatic rings. The Balaban J connectivity index is 1.69. The third-order valence-electron chi connectivity index (χ3n) is 3.07. The van der Waals surface area contributed by atoms with Crippen LogP contribution in [-0.2, 0) is 4.79 Å². The molecule has 2 N–H and O–H groups in total. The Bertz CT molecular complexity index is 564. The van der Waals surface area contributed by atoms with Crippen molar-refractivity contribution in [3.05, 3.63) is 41.6 Å². The summed E-state index contributed by atoms with van der Waals surface area (Å²) in [4.78, 5) is 11.8. The number of carbonyl (C=O) groups is 1. The van der Waals surface area contributed by atoms with Gasteiger partial charge in [-0.25, -0.2) is 0 Å². The van der Waals surface area contributed by atoms with Crippen molar-refractivity contribution in [2.45, 2.75) is 26.7 Å². The average molecular weight is 273 g/mol. The number of hydrogen-bond donors (Lipinski definition) is 2. The number of para-hydroxylation sites is 1. The first-order valence-electron chi connectivity index (χ1n) is 6.66. The molecule has 1 aromatic carbocycles. The molecule has 0 atom stereocenters. The number of amides is 1. The minimum Gasteiger partial charge on any atom is -0.494 e. The van der Waals surface area contributed by atoms with Gasteiger partial charge in [0, 0.05) is 17.7 Å². The summed E-state index contributed by atoms with van der Waals surface area (Å²) < 4.78 is 5.53. The highest BCUT2D eigenvalue weighted by molar-refractivity contribution is 5.90. The Morgan fingerprint density at radius 1 is 1.30 bits per heavy atom. The van der Waals surface area contributed by atoms with Gasteiger partial charge in [-0.15, -0.1) is 0 Å². The summed E-state index contributed by atoms with van der Waals surface area (Å²) in [5.41, 5.74) is 1.94. The number of hydrogen-bond acceptors (Lipinski definition) is 3. The number of nitrogens with one attached hydrogen (secondary N) is 2. The molecule has 0 fully saturated rings. The molecule has 0 aliphatic carbocycles. The fourth-order valence-electron chi connectivity index (χ4n) is 1.74. The van der Waals surface area contributed by atoms with Crippen LogP contribution < -0.4 is 10.1 Å².